The average Bonchev–Trinajstić information content (AvgIpc) is 2.85. The number of nitrogens with two attached hydrogens (primary N) is 1. The lowest BCUT2D eigenvalue weighted by molar-refractivity contribution is -0.129. The molecule has 3 heterocycles. The highest BCUT2D eigenvalue weighted by Crippen LogP contribution is 2.37. The van der Waals surface area contributed by atoms with Gasteiger partial charge in [0.25, 0.3) is 11.5 Å². The quantitative estimate of drug-likeness (QED) is 0.583. The molecule has 1 atom stereocenters. The summed E-state index contributed by atoms with van der Waals surface area (Å²) in [6.07, 6.45) is 5.60. The van der Waals surface area contributed by atoms with Crippen molar-refractivity contribution in [3.63, 3.8) is 0 Å². The Kier molecular flexibility index (Phi) is 7.16. The van der Waals surface area contributed by atoms with Gasteiger partial charge in [-0.25, -0.2) is 9.97 Å². The van der Waals surface area contributed by atoms with Crippen molar-refractivity contribution in [3.8, 4) is 11.1 Å². The second-order valence-corrected chi connectivity index (χ2v) is 9.15. The molecule has 9 nitrogen and oxygen atoms in total. The fraction of sp³-hybridized carbons (Fsp3) is 0.320. The number of likely N-dealkylation sites (N-methyl/N-ethyl adjacent to an activating group) is 1. The van der Waals surface area contributed by atoms with E-state index < -0.39 is 0 Å². The Morgan fingerprint density at radius 3 is 2.60 bits per heavy atom. The predicted molar refractivity (Wildman–Crippen MR) is 134 cm³/mol. The van der Waals surface area contributed by atoms with Gasteiger partial charge in [0.2, 0.25) is 11.9 Å². The first-order valence-electron chi connectivity index (χ1n) is 11.3. The molecule has 1 saturated heterocycles. The Bertz CT molecular complexity index is 1310. The number of pyridine rings is 1. The molecular weight excluding hydrogens is 468 g/mol. The summed E-state index contributed by atoms with van der Waals surface area (Å²) in [5.74, 6) is -0.344. The molecule has 2 aromatic heterocycles. The number of aromatic nitrogens is 3. The monoisotopic (exact) mass is 494 g/mol. The van der Waals surface area contributed by atoms with Gasteiger partial charge in [0.15, 0.2) is 0 Å². The molecule has 182 valence electrons. The second kappa shape index (κ2) is 10.3. The van der Waals surface area contributed by atoms with E-state index in [4.69, 9.17) is 17.3 Å². The van der Waals surface area contributed by atoms with Crippen LogP contribution in [0.4, 0.5) is 5.95 Å². The molecule has 1 aliphatic rings. The summed E-state index contributed by atoms with van der Waals surface area (Å²) in [6, 6.07) is 9.84. The smallest absolute Gasteiger partial charge is 0.255 e. The zero-order valence-corrected chi connectivity index (χ0v) is 20.4. The molecular formula is C25H27ClN6O3. The third-order valence-electron chi connectivity index (χ3n) is 6.11. The zero-order valence-electron chi connectivity index (χ0n) is 19.6. The number of benzene rings is 1. The van der Waals surface area contributed by atoms with Crippen molar-refractivity contribution in [2.45, 2.75) is 31.8 Å². The molecule has 0 unspecified atom stereocenters. The number of carbonyl (C=O) groups excluding carboxylic acids is 2. The van der Waals surface area contributed by atoms with Gasteiger partial charge in [0.05, 0.1) is 17.3 Å². The second-order valence-electron chi connectivity index (χ2n) is 8.72. The molecule has 0 bridgehead atoms. The van der Waals surface area contributed by atoms with E-state index in [-0.39, 0.29) is 35.9 Å². The summed E-state index contributed by atoms with van der Waals surface area (Å²) in [6.45, 7) is 0.392. The molecule has 4 rings (SSSR count). The summed E-state index contributed by atoms with van der Waals surface area (Å²) in [7, 11) is 3.23. The van der Waals surface area contributed by atoms with E-state index in [0.717, 1.165) is 24.0 Å². The molecule has 1 aliphatic heterocycles. The minimum atomic E-state index is -0.347. The van der Waals surface area contributed by atoms with E-state index >= 15 is 0 Å². The van der Waals surface area contributed by atoms with Crippen LogP contribution in [-0.4, -0.2) is 56.8 Å². The SMILES string of the molecule is CN(C)C(=O)Cn1cc(C(=O)N2CCCC[C@@H]2c2nc(N)ncc2-c2ccc(Cl)cc2)ccc1=O. The van der Waals surface area contributed by atoms with Crippen LogP contribution >= 0.6 is 11.6 Å². The molecule has 1 aromatic carbocycles. The van der Waals surface area contributed by atoms with Crippen molar-refractivity contribution in [2.75, 3.05) is 26.4 Å². The Hall–Kier alpha value is -3.72. The lowest BCUT2D eigenvalue weighted by atomic mass is 9.93. The molecule has 0 aliphatic carbocycles. The van der Waals surface area contributed by atoms with Crippen LogP contribution in [0.5, 0.6) is 0 Å². The van der Waals surface area contributed by atoms with Crippen LogP contribution in [0.15, 0.2) is 53.6 Å². The van der Waals surface area contributed by atoms with Gasteiger partial charge in [0, 0.05) is 49.7 Å². The number of piperidine rings is 1. The average molecular weight is 495 g/mol. The number of nitrogens with zero attached hydrogens (tertiary/aromatic N) is 5. The molecule has 2 amide bonds. The number of amides is 2. The molecule has 0 radical (unpaired) electrons. The minimum absolute atomic E-state index is 0.131. The first-order valence-corrected chi connectivity index (χ1v) is 11.7. The van der Waals surface area contributed by atoms with Crippen LogP contribution in [0.25, 0.3) is 11.1 Å². The van der Waals surface area contributed by atoms with Gasteiger partial charge in [-0.2, -0.15) is 0 Å². The van der Waals surface area contributed by atoms with Crippen molar-refractivity contribution in [3.05, 3.63) is 75.4 Å². The highest BCUT2D eigenvalue weighted by molar-refractivity contribution is 6.30. The van der Waals surface area contributed by atoms with Crippen LogP contribution in [-0.2, 0) is 11.3 Å². The summed E-state index contributed by atoms with van der Waals surface area (Å²) >= 11 is 6.07. The van der Waals surface area contributed by atoms with Gasteiger partial charge >= 0.3 is 0 Å². The number of nitrogen functional groups attached to an aromatic ring is 1. The molecule has 2 N–H and O–H groups in total. The van der Waals surface area contributed by atoms with Crippen LogP contribution in [0.2, 0.25) is 5.02 Å². The fourth-order valence-electron chi connectivity index (χ4n) is 4.21. The lowest BCUT2D eigenvalue weighted by Gasteiger charge is -2.36. The molecule has 0 spiro atoms. The number of halogens is 1. The maximum atomic E-state index is 13.7. The van der Waals surface area contributed by atoms with E-state index in [1.54, 1.807) is 37.3 Å². The van der Waals surface area contributed by atoms with Gasteiger partial charge in [0.1, 0.15) is 6.54 Å². The van der Waals surface area contributed by atoms with Crippen LogP contribution in [0, 0.1) is 0 Å². The molecule has 0 saturated carbocycles. The Morgan fingerprint density at radius 2 is 1.89 bits per heavy atom. The normalized spacial score (nSPS) is 15.6. The molecule has 3 aromatic rings. The standard InChI is InChI=1S/C25H27ClN6O3/c1-30(2)22(34)15-31-14-17(8-11-21(31)33)24(35)32-12-4-3-5-20(32)23-19(13-28-25(27)29-23)16-6-9-18(26)10-7-16/h6-11,13-14,20H,3-5,12,15H2,1-2H3,(H2,27,28,29)/t20-/m1/s1. The fourth-order valence-corrected chi connectivity index (χ4v) is 4.33. The largest absolute Gasteiger partial charge is 0.368 e. The van der Waals surface area contributed by atoms with E-state index in [9.17, 15) is 14.4 Å². The first-order chi connectivity index (χ1) is 16.7. The van der Waals surface area contributed by atoms with E-state index in [2.05, 4.69) is 9.97 Å². The van der Waals surface area contributed by atoms with E-state index in [1.165, 1.54) is 27.8 Å². The Labute approximate surface area is 208 Å². The summed E-state index contributed by atoms with van der Waals surface area (Å²) in [4.78, 5) is 50.0. The van der Waals surface area contributed by atoms with Gasteiger partial charge in [-0.05, 0) is 43.0 Å². The number of carbonyl (C=O) groups is 2. The number of rotatable bonds is 5. The molecule has 35 heavy (non-hydrogen) atoms. The van der Waals surface area contributed by atoms with E-state index in [0.29, 0.717) is 29.2 Å². The summed E-state index contributed by atoms with van der Waals surface area (Å²) in [5, 5.41) is 0.615. The summed E-state index contributed by atoms with van der Waals surface area (Å²) in [5.41, 5.74) is 8.26. The molecule has 1 fully saturated rings. The van der Waals surface area contributed by atoms with Crippen molar-refractivity contribution in [1.82, 2.24) is 24.3 Å². The van der Waals surface area contributed by atoms with Crippen molar-refractivity contribution >= 4 is 29.4 Å². The van der Waals surface area contributed by atoms with Crippen LogP contribution in [0.3, 0.4) is 0 Å². The molecule has 10 heteroatoms. The van der Waals surface area contributed by atoms with Gasteiger partial charge in [-0.15, -0.1) is 0 Å². The third kappa shape index (κ3) is 5.35. The Balaban J connectivity index is 1.71. The maximum Gasteiger partial charge on any atom is 0.255 e. The Morgan fingerprint density at radius 1 is 1.14 bits per heavy atom. The number of hydrogen-bond acceptors (Lipinski definition) is 6. The van der Waals surface area contributed by atoms with Gasteiger partial charge in [-0.3, -0.25) is 14.4 Å². The number of likely N-dealkylation sites (tertiary alicyclic amines) is 1. The zero-order chi connectivity index (χ0) is 25.1. The van der Waals surface area contributed by atoms with Gasteiger partial charge < -0.3 is 20.1 Å². The van der Waals surface area contributed by atoms with E-state index in [1.807, 2.05) is 12.1 Å². The maximum absolute atomic E-state index is 13.7. The third-order valence-corrected chi connectivity index (χ3v) is 6.36. The minimum Gasteiger partial charge on any atom is -0.368 e. The van der Waals surface area contributed by atoms with Crippen molar-refractivity contribution in [2.24, 2.45) is 0 Å². The highest BCUT2D eigenvalue weighted by Gasteiger charge is 2.32. The van der Waals surface area contributed by atoms with Crippen LogP contribution in [0.1, 0.15) is 41.4 Å². The van der Waals surface area contributed by atoms with Crippen molar-refractivity contribution < 1.29 is 9.59 Å². The summed E-state index contributed by atoms with van der Waals surface area (Å²) < 4.78 is 1.26. The van der Waals surface area contributed by atoms with Crippen LogP contribution < -0.4 is 11.3 Å². The topological polar surface area (TPSA) is 114 Å². The first kappa shape index (κ1) is 24.4. The highest BCUT2D eigenvalue weighted by atomic mass is 35.5. The number of anilines is 1. The number of hydrogen-bond donors (Lipinski definition) is 1. The predicted octanol–water partition coefficient (Wildman–Crippen LogP) is 3.00. The van der Waals surface area contributed by atoms with Gasteiger partial charge in [-0.1, -0.05) is 23.7 Å². The van der Waals surface area contributed by atoms with Crippen molar-refractivity contribution in [1.29, 1.82) is 0 Å². The lowest BCUT2D eigenvalue weighted by Crippen LogP contribution is -2.40.